The molecule has 0 aliphatic rings. The van der Waals surface area contributed by atoms with Crippen molar-refractivity contribution in [2.75, 3.05) is 5.32 Å². The molecule has 0 spiro atoms. The van der Waals surface area contributed by atoms with Gasteiger partial charge in [-0.3, -0.25) is 10.1 Å². The van der Waals surface area contributed by atoms with Crippen molar-refractivity contribution in [2.45, 2.75) is 45.6 Å². The van der Waals surface area contributed by atoms with E-state index >= 15 is 0 Å². The topological polar surface area (TPSA) is 73.9 Å². The standard InChI is InChI=1S/C45H43NO5Si/c1-45(2,3)52(41-15-9-5-10-16-41,42-17-11-6-12-18-42)51-33-36-19-23-37(24-20-36)43(47)38-25-27-39(28-26-38)46-44(48)50-32-35-21-29-40(30-22-35)49-31-34-13-7-4-8-14-34/h4-30H,31-33H2,1-3H3,(H,46,48). The number of hydrogen-bond acceptors (Lipinski definition) is 5. The molecule has 0 unspecified atom stereocenters. The second-order valence-electron chi connectivity index (χ2n) is 13.7. The molecule has 1 N–H and O–H groups in total. The zero-order chi connectivity index (χ0) is 36.4. The van der Waals surface area contributed by atoms with E-state index in [0.717, 1.165) is 22.4 Å². The Labute approximate surface area is 307 Å². The second-order valence-corrected chi connectivity index (χ2v) is 18.0. The second kappa shape index (κ2) is 16.5. The van der Waals surface area contributed by atoms with Gasteiger partial charge in [0.05, 0.1) is 6.61 Å². The Bertz CT molecular complexity index is 2000. The van der Waals surface area contributed by atoms with Gasteiger partial charge >= 0.3 is 6.09 Å². The first-order valence-electron chi connectivity index (χ1n) is 17.4. The molecule has 0 atom stereocenters. The monoisotopic (exact) mass is 705 g/mol. The van der Waals surface area contributed by atoms with Gasteiger partial charge in [-0.1, -0.05) is 148 Å². The van der Waals surface area contributed by atoms with Crippen molar-refractivity contribution >= 4 is 36.3 Å². The lowest BCUT2D eigenvalue weighted by atomic mass is 10.0. The summed E-state index contributed by atoms with van der Waals surface area (Å²) in [5.41, 5.74) is 4.54. The Balaban J connectivity index is 1.03. The summed E-state index contributed by atoms with van der Waals surface area (Å²) in [5, 5.41) is 5.05. The van der Waals surface area contributed by atoms with Crippen LogP contribution in [0.15, 0.2) is 164 Å². The average molecular weight is 706 g/mol. The molecular weight excluding hydrogens is 663 g/mol. The number of carbonyl (C=O) groups excluding carboxylic acids is 2. The summed E-state index contributed by atoms with van der Waals surface area (Å²) in [6.45, 7) is 7.79. The molecule has 0 heterocycles. The molecule has 0 aliphatic carbocycles. The molecule has 6 nitrogen and oxygen atoms in total. The normalized spacial score (nSPS) is 11.4. The van der Waals surface area contributed by atoms with Crippen molar-refractivity contribution in [3.63, 3.8) is 0 Å². The number of ether oxygens (including phenoxy) is 2. The third-order valence-corrected chi connectivity index (χ3v) is 14.0. The maximum Gasteiger partial charge on any atom is 0.411 e. The van der Waals surface area contributed by atoms with Crippen LogP contribution in [-0.4, -0.2) is 20.2 Å². The van der Waals surface area contributed by atoms with Gasteiger partial charge in [0.2, 0.25) is 0 Å². The van der Waals surface area contributed by atoms with Crippen LogP contribution in [0, 0.1) is 0 Å². The minimum absolute atomic E-state index is 0.107. The van der Waals surface area contributed by atoms with Crippen molar-refractivity contribution in [2.24, 2.45) is 0 Å². The van der Waals surface area contributed by atoms with E-state index in [1.165, 1.54) is 10.4 Å². The number of hydrogen-bond donors (Lipinski definition) is 1. The molecule has 262 valence electrons. The molecule has 6 rings (SSSR count). The summed E-state index contributed by atoms with van der Waals surface area (Å²) < 4.78 is 18.3. The highest BCUT2D eigenvalue weighted by atomic mass is 28.4. The van der Waals surface area contributed by atoms with Crippen molar-refractivity contribution in [1.82, 2.24) is 0 Å². The van der Waals surface area contributed by atoms with Crippen molar-refractivity contribution in [3.8, 4) is 5.75 Å². The van der Waals surface area contributed by atoms with Crippen LogP contribution in [-0.2, 0) is 29.0 Å². The Morgan fingerprint density at radius 1 is 0.538 bits per heavy atom. The highest BCUT2D eigenvalue weighted by molar-refractivity contribution is 6.99. The summed E-state index contributed by atoms with van der Waals surface area (Å²) in [4.78, 5) is 25.8. The fourth-order valence-corrected chi connectivity index (χ4v) is 10.8. The summed E-state index contributed by atoms with van der Waals surface area (Å²) in [7, 11) is -2.69. The Morgan fingerprint density at radius 3 is 1.54 bits per heavy atom. The SMILES string of the molecule is CC(C)(C)[Si](OCc1ccc(C(=O)c2ccc(NC(=O)OCc3ccc(OCc4ccccc4)cc3)cc2)cc1)(c1ccccc1)c1ccccc1. The quantitative estimate of drug-likeness (QED) is 0.0958. The number of rotatable bonds is 13. The van der Waals surface area contributed by atoms with E-state index in [-0.39, 0.29) is 17.4 Å². The van der Waals surface area contributed by atoms with Gasteiger partial charge in [0.15, 0.2) is 5.78 Å². The highest BCUT2D eigenvalue weighted by Crippen LogP contribution is 2.37. The average Bonchev–Trinajstić information content (AvgIpc) is 3.18. The molecule has 0 saturated carbocycles. The van der Waals surface area contributed by atoms with Gasteiger partial charge in [0.1, 0.15) is 19.0 Å². The van der Waals surface area contributed by atoms with E-state index in [0.29, 0.717) is 30.0 Å². The van der Waals surface area contributed by atoms with Gasteiger partial charge in [0.25, 0.3) is 8.32 Å². The summed E-state index contributed by atoms with van der Waals surface area (Å²) in [6, 6.07) is 52.9. The number of ketones is 1. The third-order valence-electron chi connectivity index (χ3n) is 9.02. The minimum Gasteiger partial charge on any atom is -0.489 e. The first-order chi connectivity index (χ1) is 25.2. The molecule has 6 aromatic rings. The molecule has 0 radical (unpaired) electrons. The zero-order valence-corrected chi connectivity index (χ0v) is 30.8. The third kappa shape index (κ3) is 8.75. The predicted octanol–water partition coefficient (Wildman–Crippen LogP) is 9.32. The first kappa shape index (κ1) is 36.0. The van der Waals surface area contributed by atoms with Crippen LogP contribution in [0.3, 0.4) is 0 Å². The maximum absolute atomic E-state index is 13.4. The Kier molecular flexibility index (Phi) is 11.4. The molecule has 7 heteroatoms. The first-order valence-corrected chi connectivity index (χ1v) is 19.3. The lowest BCUT2D eigenvalue weighted by Crippen LogP contribution is -2.66. The predicted molar refractivity (Wildman–Crippen MR) is 210 cm³/mol. The lowest BCUT2D eigenvalue weighted by Gasteiger charge is -2.43. The van der Waals surface area contributed by atoms with E-state index in [1.54, 1.807) is 24.3 Å². The number of benzene rings is 6. The van der Waals surface area contributed by atoms with Gasteiger partial charge in [-0.25, -0.2) is 4.79 Å². The van der Waals surface area contributed by atoms with E-state index in [2.05, 4.69) is 74.6 Å². The molecule has 1 amide bonds. The summed E-state index contributed by atoms with van der Waals surface area (Å²) in [6.07, 6.45) is -0.584. The van der Waals surface area contributed by atoms with Crippen LogP contribution in [0.2, 0.25) is 5.04 Å². The van der Waals surface area contributed by atoms with Crippen molar-refractivity contribution < 1.29 is 23.5 Å². The fourth-order valence-electron chi connectivity index (χ4n) is 6.30. The van der Waals surface area contributed by atoms with Gasteiger partial charge in [-0.15, -0.1) is 0 Å². The molecule has 0 saturated heterocycles. The van der Waals surface area contributed by atoms with Gasteiger partial charge in [0, 0.05) is 16.8 Å². The number of anilines is 1. The summed E-state index contributed by atoms with van der Waals surface area (Å²) in [5.74, 6) is 0.632. The summed E-state index contributed by atoms with van der Waals surface area (Å²) >= 11 is 0. The maximum atomic E-state index is 13.4. The molecule has 6 aromatic carbocycles. The fraction of sp³-hybridized carbons (Fsp3) is 0.156. The van der Waals surface area contributed by atoms with Crippen LogP contribution in [0.25, 0.3) is 0 Å². The van der Waals surface area contributed by atoms with E-state index in [4.69, 9.17) is 13.9 Å². The van der Waals surface area contributed by atoms with E-state index < -0.39 is 14.4 Å². The molecule has 0 aliphatic heterocycles. The lowest BCUT2D eigenvalue weighted by molar-refractivity contribution is 0.103. The molecule has 0 bridgehead atoms. The van der Waals surface area contributed by atoms with Crippen LogP contribution in [0.4, 0.5) is 10.5 Å². The smallest absolute Gasteiger partial charge is 0.411 e. The minimum atomic E-state index is -2.69. The van der Waals surface area contributed by atoms with Crippen LogP contribution in [0.1, 0.15) is 53.4 Å². The van der Waals surface area contributed by atoms with Crippen LogP contribution >= 0.6 is 0 Å². The Morgan fingerprint density at radius 2 is 1.00 bits per heavy atom. The number of amides is 1. The zero-order valence-electron chi connectivity index (χ0n) is 29.8. The molecule has 0 fully saturated rings. The molecule has 0 aromatic heterocycles. The molecular formula is C45H43NO5Si. The van der Waals surface area contributed by atoms with Crippen LogP contribution < -0.4 is 20.4 Å². The largest absolute Gasteiger partial charge is 0.489 e. The van der Waals surface area contributed by atoms with Crippen molar-refractivity contribution in [3.05, 3.63) is 192 Å². The number of carbonyl (C=O) groups is 2. The van der Waals surface area contributed by atoms with Crippen molar-refractivity contribution in [1.29, 1.82) is 0 Å². The van der Waals surface area contributed by atoms with E-state index in [1.807, 2.05) is 91.0 Å². The number of nitrogens with one attached hydrogen (secondary N) is 1. The van der Waals surface area contributed by atoms with Crippen LogP contribution in [0.5, 0.6) is 5.75 Å². The highest BCUT2D eigenvalue weighted by Gasteiger charge is 2.50. The van der Waals surface area contributed by atoms with Gasteiger partial charge in [-0.2, -0.15) is 0 Å². The Hall–Kier alpha value is -5.76. The van der Waals surface area contributed by atoms with Gasteiger partial charge < -0.3 is 13.9 Å². The van der Waals surface area contributed by atoms with E-state index in [9.17, 15) is 9.59 Å². The van der Waals surface area contributed by atoms with Gasteiger partial charge in [-0.05, 0) is 68.5 Å². The molecule has 52 heavy (non-hydrogen) atoms.